The van der Waals surface area contributed by atoms with Crippen molar-refractivity contribution < 1.29 is 14.7 Å². The van der Waals surface area contributed by atoms with E-state index in [1.54, 1.807) is 30.1 Å². The van der Waals surface area contributed by atoms with E-state index in [0.29, 0.717) is 5.56 Å². The highest BCUT2D eigenvalue weighted by atomic mass is 16.4. The fraction of sp³-hybridized carbons (Fsp3) is 0.267. The molecule has 0 spiro atoms. The van der Waals surface area contributed by atoms with Crippen LogP contribution in [0.3, 0.4) is 0 Å². The van der Waals surface area contributed by atoms with Gasteiger partial charge in [0.2, 0.25) is 0 Å². The van der Waals surface area contributed by atoms with E-state index in [4.69, 9.17) is 5.11 Å². The van der Waals surface area contributed by atoms with Gasteiger partial charge in [0.15, 0.2) is 0 Å². The number of carbonyl (C=O) groups excluding carboxylic acids is 1. The number of nitrogens with zero attached hydrogens (tertiary/aromatic N) is 3. The standard InChI is InChI=1S/C15H17N3O3/c1-11-7-9-16-18(11)13-5-3-12(4-6-13)15(21)17(2)10-8-14(19)20/h3-7,9H,8,10H2,1-2H3,(H,19,20). The monoisotopic (exact) mass is 287 g/mol. The second-order valence-electron chi connectivity index (χ2n) is 4.80. The molecule has 110 valence electrons. The highest BCUT2D eigenvalue weighted by Crippen LogP contribution is 2.12. The third-order valence-corrected chi connectivity index (χ3v) is 3.20. The first-order chi connectivity index (χ1) is 9.99. The summed E-state index contributed by atoms with van der Waals surface area (Å²) in [6.07, 6.45) is 1.65. The predicted molar refractivity (Wildman–Crippen MR) is 77.5 cm³/mol. The maximum Gasteiger partial charge on any atom is 0.305 e. The van der Waals surface area contributed by atoms with Crippen molar-refractivity contribution in [2.24, 2.45) is 0 Å². The SMILES string of the molecule is Cc1ccnn1-c1ccc(C(=O)N(C)CCC(=O)O)cc1. The number of amides is 1. The number of carboxylic acid groups (broad SMARTS) is 1. The fourth-order valence-electron chi connectivity index (χ4n) is 1.97. The lowest BCUT2D eigenvalue weighted by Crippen LogP contribution is -2.29. The highest BCUT2D eigenvalue weighted by molar-refractivity contribution is 5.94. The van der Waals surface area contributed by atoms with E-state index in [2.05, 4.69) is 5.10 Å². The topological polar surface area (TPSA) is 75.4 Å². The molecule has 0 saturated carbocycles. The molecule has 1 aromatic heterocycles. The average molecular weight is 287 g/mol. The summed E-state index contributed by atoms with van der Waals surface area (Å²) in [5.74, 6) is -1.11. The summed E-state index contributed by atoms with van der Waals surface area (Å²) in [4.78, 5) is 24.1. The minimum atomic E-state index is -0.917. The molecule has 0 aliphatic heterocycles. The van der Waals surface area contributed by atoms with Gasteiger partial charge in [0.25, 0.3) is 5.91 Å². The molecule has 6 heteroatoms. The summed E-state index contributed by atoms with van der Waals surface area (Å²) in [6, 6.07) is 8.97. The normalized spacial score (nSPS) is 10.4. The second-order valence-corrected chi connectivity index (χ2v) is 4.80. The average Bonchev–Trinajstić information content (AvgIpc) is 2.90. The number of hydrogen-bond acceptors (Lipinski definition) is 3. The number of rotatable bonds is 5. The largest absolute Gasteiger partial charge is 0.481 e. The van der Waals surface area contributed by atoms with Gasteiger partial charge in [0.05, 0.1) is 12.1 Å². The van der Waals surface area contributed by atoms with Gasteiger partial charge < -0.3 is 10.0 Å². The number of carbonyl (C=O) groups is 2. The van der Waals surface area contributed by atoms with Crippen LogP contribution in [0.15, 0.2) is 36.5 Å². The molecule has 0 aliphatic rings. The molecule has 2 aromatic rings. The summed E-state index contributed by atoms with van der Waals surface area (Å²) >= 11 is 0. The molecule has 0 unspecified atom stereocenters. The van der Waals surface area contributed by atoms with E-state index in [0.717, 1.165) is 11.4 Å². The van der Waals surface area contributed by atoms with Crippen LogP contribution in [-0.2, 0) is 4.79 Å². The first-order valence-corrected chi connectivity index (χ1v) is 6.57. The van der Waals surface area contributed by atoms with Crippen molar-refractivity contribution >= 4 is 11.9 Å². The number of aryl methyl sites for hydroxylation is 1. The van der Waals surface area contributed by atoms with E-state index in [-0.39, 0.29) is 18.9 Å². The van der Waals surface area contributed by atoms with Gasteiger partial charge in [-0.2, -0.15) is 5.10 Å². The molecule has 0 bridgehead atoms. The molecule has 1 aromatic carbocycles. The van der Waals surface area contributed by atoms with Crippen LogP contribution in [-0.4, -0.2) is 45.3 Å². The first-order valence-electron chi connectivity index (χ1n) is 6.57. The molecule has 0 radical (unpaired) electrons. The fourth-order valence-corrected chi connectivity index (χ4v) is 1.97. The van der Waals surface area contributed by atoms with E-state index >= 15 is 0 Å². The zero-order valence-corrected chi connectivity index (χ0v) is 12.0. The van der Waals surface area contributed by atoms with Crippen molar-refractivity contribution in [3.63, 3.8) is 0 Å². The Morgan fingerprint density at radius 1 is 1.24 bits per heavy atom. The molecular formula is C15H17N3O3. The lowest BCUT2D eigenvalue weighted by atomic mass is 10.2. The van der Waals surface area contributed by atoms with Crippen molar-refractivity contribution in [1.29, 1.82) is 0 Å². The zero-order valence-electron chi connectivity index (χ0n) is 12.0. The molecule has 0 aliphatic carbocycles. The van der Waals surface area contributed by atoms with Crippen LogP contribution < -0.4 is 0 Å². The Morgan fingerprint density at radius 2 is 1.90 bits per heavy atom. The van der Waals surface area contributed by atoms with Gasteiger partial charge in [-0.15, -0.1) is 0 Å². The number of aromatic nitrogens is 2. The maximum absolute atomic E-state index is 12.1. The predicted octanol–water partition coefficient (Wildman–Crippen LogP) is 1.73. The van der Waals surface area contributed by atoms with E-state index in [1.165, 1.54) is 4.90 Å². The minimum absolute atomic E-state index is 0.0627. The molecule has 1 N–H and O–H groups in total. The van der Waals surface area contributed by atoms with E-state index in [1.807, 2.05) is 25.1 Å². The van der Waals surface area contributed by atoms with Crippen molar-refractivity contribution in [2.45, 2.75) is 13.3 Å². The van der Waals surface area contributed by atoms with Gasteiger partial charge in [-0.1, -0.05) is 0 Å². The minimum Gasteiger partial charge on any atom is -0.481 e. The Labute approximate surface area is 122 Å². The summed E-state index contributed by atoms with van der Waals surface area (Å²) in [7, 11) is 1.59. The lowest BCUT2D eigenvalue weighted by Gasteiger charge is -2.16. The van der Waals surface area contributed by atoms with Crippen LogP contribution >= 0.6 is 0 Å². The summed E-state index contributed by atoms with van der Waals surface area (Å²) in [5, 5.41) is 12.8. The smallest absolute Gasteiger partial charge is 0.305 e. The molecule has 1 amide bonds. The summed E-state index contributed by atoms with van der Waals surface area (Å²) in [6.45, 7) is 2.14. The number of hydrogen-bond donors (Lipinski definition) is 1. The summed E-state index contributed by atoms with van der Waals surface area (Å²) < 4.78 is 1.78. The van der Waals surface area contributed by atoms with Crippen LogP contribution in [0.5, 0.6) is 0 Å². The molecule has 6 nitrogen and oxygen atoms in total. The molecule has 1 heterocycles. The van der Waals surface area contributed by atoms with E-state index in [9.17, 15) is 9.59 Å². The van der Waals surface area contributed by atoms with Gasteiger partial charge in [-0.05, 0) is 37.3 Å². The van der Waals surface area contributed by atoms with Crippen LogP contribution in [0.1, 0.15) is 22.5 Å². The second kappa shape index (κ2) is 6.21. The molecular weight excluding hydrogens is 270 g/mol. The Kier molecular flexibility index (Phi) is 4.37. The first kappa shape index (κ1) is 14.8. The number of carboxylic acids is 1. The van der Waals surface area contributed by atoms with E-state index < -0.39 is 5.97 Å². The molecule has 0 atom stereocenters. The highest BCUT2D eigenvalue weighted by Gasteiger charge is 2.13. The Hall–Kier alpha value is -2.63. The molecule has 21 heavy (non-hydrogen) atoms. The third-order valence-electron chi connectivity index (χ3n) is 3.20. The lowest BCUT2D eigenvalue weighted by molar-refractivity contribution is -0.137. The number of aliphatic carboxylic acids is 1. The Bertz CT molecular complexity index is 646. The van der Waals surface area contributed by atoms with Crippen LogP contribution in [0.25, 0.3) is 5.69 Å². The van der Waals surface area contributed by atoms with Crippen LogP contribution in [0.4, 0.5) is 0 Å². The van der Waals surface area contributed by atoms with Crippen molar-refractivity contribution in [3.05, 3.63) is 47.8 Å². The van der Waals surface area contributed by atoms with Gasteiger partial charge in [-0.3, -0.25) is 9.59 Å². The van der Waals surface area contributed by atoms with Crippen LogP contribution in [0.2, 0.25) is 0 Å². The molecule has 2 rings (SSSR count). The molecule has 0 saturated heterocycles. The van der Waals surface area contributed by atoms with Gasteiger partial charge in [0, 0.05) is 31.0 Å². The van der Waals surface area contributed by atoms with Crippen LogP contribution in [0, 0.1) is 6.92 Å². The summed E-state index contributed by atoms with van der Waals surface area (Å²) in [5.41, 5.74) is 2.41. The third kappa shape index (κ3) is 3.47. The van der Waals surface area contributed by atoms with Gasteiger partial charge >= 0.3 is 5.97 Å². The van der Waals surface area contributed by atoms with Gasteiger partial charge in [-0.25, -0.2) is 4.68 Å². The molecule has 0 fully saturated rings. The Morgan fingerprint density at radius 3 is 2.43 bits per heavy atom. The van der Waals surface area contributed by atoms with Gasteiger partial charge in [0.1, 0.15) is 0 Å². The van der Waals surface area contributed by atoms with Crippen molar-refractivity contribution in [1.82, 2.24) is 14.7 Å². The zero-order chi connectivity index (χ0) is 15.4. The van der Waals surface area contributed by atoms with Crippen molar-refractivity contribution in [2.75, 3.05) is 13.6 Å². The quantitative estimate of drug-likeness (QED) is 0.908. The maximum atomic E-state index is 12.1. The number of benzene rings is 1. The Balaban J connectivity index is 2.10. The van der Waals surface area contributed by atoms with Crippen molar-refractivity contribution in [3.8, 4) is 5.69 Å².